The van der Waals surface area contributed by atoms with E-state index in [1.54, 1.807) is 13.2 Å². The molecule has 4 heteroatoms. The maximum Gasteiger partial charge on any atom is 0.251 e. The fourth-order valence-electron chi connectivity index (χ4n) is 2.82. The van der Waals surface area contributed by atoms with Gasteiger partial charge in [-0.1, -0.05) is 24.3 Å². The predicted octanol–water partition coefficient (Wildman–Crippen LogP) is 2.98. The van der Waals surface area contributed by atoms with Crippen molar-refractivity contribution in [2.24, 2.45) is 5.92 Å². The third-order valence-electron chi connectivity index (χ3n) is 4.18. The van der Waals surface area contributed by atoms with Crippen molar-refractivity contribution >= 4 is 5.91 Å². The Labute approximate surface area is 136 Å². The largest absolute Gasteiger partial charge is 0.496 e. The quantitative estimate of drug-likeness (QED) is 0.944. The van der Waals surface area contributed by atoms with Gasteiger partial charge in [-0.2, -0.15) is 0 Å². The molecule has 4 nitrogen and oxygen atoms in total. The Morgan fingerprint density at radius 3 is 2.96 bits per heavy atom. The van der Waals surface area contributed by atoms with E-state index in [1.165, 1.54) is 5.56 Å². The molecule has 1 unspecified atom stereocenters. The second kappa shape index (κ2) is 6.73. The smallest absolute Gasteiger partial charge is 0.251 e. The summed E-state index contributed by atoms with van der Waals surface area (Å²) < 4.78 is 11.0. The van der Waals surface area contributed by atoms with Gasteiger partial charge in [-0.3, -0.25) is 4.79 Å². The standard InChI is InChI=1S/C19H21NO3/c1-13-7-8-16(10-18(13)22-2)19(21)20-11-14-9-15-5-3-4-6-17(15)23-12-14/h3-8,10,14H,9,11-12H2,1-2H3,(H,20,21). The SMILES string of the molecule is COc1cc(C(=O)NCC2COc3ccccc3C2)ccc1C. The maximum atomic E-state index is 12.3. The first-order valence-electron chi connectivity index (χ1n) is 7.81. The zero-order valence-electron chi connectivity index (χ0n) is 13.5. The summed E-state index contributed by atoms with van der Waals surface area (Å²) in [6.45, 7) is 3.19. The van der Waals surface area contributed by atoms with Gasteiger partial charge in [-0.05, 0) is 42.7 Å². The average Bonchev–Trinajstić information content (AvgIpc) is 2.60. The van der Waals surface area contributed by atoms with Crippen molar-refractivity contribution in [1.82, 2.24) is 5.32 Å². The van der Waals surface area contributed by atoms with Gasteiger partial charge in [0.25, 0.3) is 5.91 Å². The molecule has 2 aromatic carbocycles. The van der Waals surface area contributed by atoms with Gasteiger partial charge in [0.05, 0.1) is 13.7 Å². The lowest BCUT2D eigenvalue weighted by Crippen LogP contribution is -2.34. The molecule has 1 N–H and O–H groups in total. The van der Waals surface area contributed by atoms with Crippen LogP contribution in [0.2, 0.25) is 0 Å². The van der Waals surface area contributed by atoms with Crippen LogP contribution in [0.3, 0.4) is 0 Å². The van der Waals surface area contributed by atoms with E-state index >= 15 is 0 Å². The van der Waals surface area contributed by atoms with Gasteiger partial charge < -0.3 is 14.8 Å². The van der Waals surface area contributed by atoms with Gasteiger partial charge >= 0.3 is 0 Å². The van der Waals surface area contributed by atoms with Crippen LogP contribution in [-0.4, -0.2) is 26.2 Å². The van der Waals surface area contributed by atoms with E-state index in [-0.39, 0.29) is 5.91 Å². The number of rotatable bonds is 4. The summed E-state index contributed by atoms with van der Waals surface area (Å²) >= 11 is 0. The van der Waals surface area contributed by atoms with E-state index < -0.39 is 0 Å². The van der Waals surface area contributed by atoms with Crippen LogP contribution < -0.4 is 14.8 Å². The summed E-state index contributed by atoms with van der Waals surface area (Å²) in [5, 5.41) is 3.00. The molecular formula is C19H21NO3. The molecule has 3 rings (SSSR count). The van der Waals surface area contributed by atoms with Gasteiger partial charge in [-0.25, -0.2) is 0 Å². The van der Waals surface area contributed by atoms with E-state index in [9.17, 15) is 4.79 Å². The van der Waals surface area contributed by atoms with Gasteiger partial charge in [0.15, 0.2) is 0 Å². The second-order valence-corrected chi connectivity index (χ2v) is 5.88. The Morgan fingerprint density at radius 1 is 1.30 bits per heavy atom. The van der Waals surface area contributed by atoms with Crippen LogP contribution >= 0.6 is 0 Å². The number of nitrogens with one attached hydrogen (secondary N) is 1. The van der Waals surface area contributed by atoms with Crippen molar-refractivity contribution in [3.8, 4) is 11.5 Å². The minimum Gasteiger partial charge on any atom is -0.496 e. The third-order valence-corrected chi connectivity index (χ3v) is 4.18. The molecule has 0 saturated heterocycles. The summed E-state index contributed by atoms with van der Waals surface area (Å²) in [5.41, 5.74) is 2.83. The Morgan fingerprint density at radius 2 is 2.13 bits per heavy atom. The number of methoxy groups -OCH3 is 1. The fraction of sp³-hybridized carbons (Fsp3) is 0.316. The molecule has 1 aliphatic heterocycles. The number of hydrogen-bond donors (Lipinski definition) is 1. The molecule has 1 aliphatic rings. The summed E-state index contributed by atoms with van der Waals surface area (Å²) in [6, 6.07) is 13.6. The highest BCUT2D eigenvalue weighted by atomic mass is 16.5. The number of carbonyl (C=O) groups excluding carboxylic acids is 1. The summed E-state index contributed by atoms with van der Waals surface area (Å²) in [7, 11) is 1.61. The molecule has 1 atom stereocenters. The topological polar surface area (TPSA) is 47.6 Å². The van der Waals surface area contributed by atoms with Gasteiger partial charge in [-0.15, -0.1) is 0 Å². The molecule has 0 radical (unpaired) electrons. The van der Waals surface area contributed by atoms with Crippen molar-refractivity contribution in [1.29, 1.82) is 0 Å². The lowest BCUT2D eigenvalue weighted by molar-refractivity contribution is 0.0938. The van der Waals surface area contributed by atoms with Crippen LogP contribution in [0.15, 0.2) is 42.5 Å². The number of amides is 1. The van der Waals surface area contributed by atoms with Crippen LogP contribution in [0.25, 0.3) is 0 Å². The van der Waals surface area contributed by atoms with Crippen LogP contribution in [0.1, 0.15) is 21.5 Å². The highest BCUT2D eigenvalue weighted by Crippen LogP contribution is 2.26. The number of aryl methyl sites for hydroxylation is 1. The Balaban J connectivity index is 1.60. The Kier molecular flexibility index (Phi) is 4.51. The van der Waals surface area contributed by atoms with Crippen LogP contribution in [0.5, 0.6) is 11.5 Å². The zero-order valence-corrected chi connectivity index (χ0v) is 13.5. The third kappa shape index (κ3) is 3.47. The summed E-state index contributed by atoms with van der Waals surface area (Å²) in [6.07, 6.45) is 0.924. The number of para-hydroxylation sites is 1. The molecule has 2 aromatic rings. The van der Waals surface area contributed by atoms with Gasteiger partial charge in [0, 0.05) is 18.0 Å². The molecular weight excluding hydrogens is 290 g/mol. The lowest BCUT2D eigenvalue weighted by Gasteiger charge is -2.25. The molecule has 1 heterocycles. The van der Waals surface area contributed by atoms with Crippen molar-refractivity contribution in [3.05, 3.63) is 59.2 Å². The first-order valence-corrected chi connectivity index (χ1v) is 7.81. The summed E-state index contributed by atoms with van der Waals surface area (Å²) in [4.78, 5) is 12.3. The number of carbonyl (C=O) groups is 1. The van der Waals surface area contributed by atoms with E-state index in [0.717, 1.165) is 23.5 Å². The number of ether oxygens (including phenoxy) is 2. The molecule has 0 bridgehead atoms. The predicted molar refractivity (Wildman–Crippen MR) is 89.2 cm³/mol. The second-order valence-electron chi connectivity index (χ2n) is 5.88. The van der Waals surface area contributed by atoms with Gasteiger partial charge in [0.1, 0.15) is 11.5 Å². The highest BCUT2D eigenvalue weighted by Gasteiger charge is 2.20. The molecule has 0 aliphatic carbocycles. The average molecular weight is 311 g/mol. The van der Waals surface area contributed by atoms with E-state index in [4.69, 9.17) is 9.47 Å². The van der Waals surface area contributed by atoms with Crippen LogP contribution in [-0.2, 0) is 6.42 Å². The Hall–Kier alpha value is -2.49. The maximum absolute atomic E-state index is 12.3. The molecule has 23 heavy (non-hydrogen) atoms. The molecule has 120 valence electrons. The minimum absolute atomic E-state index is 0.0813. The van der Waals surface area contributed by atoms with Crippen molar-refractivity contribution in [3.63, 3.8) is 0 Å². The minimum atomic E-state index is -0.0813. The number of fused-ring (bicyclic) bond motifs is 1. The van der Waals surface area contributed by atoms with E-state index in [0.29, 0.717) is 24.6 Å². The monoisotopic (exact) mass is 311 g/mol. The van der Waals surface area contributed by atoms with Crippen molar-refractivity contribution in [2.45, 2.75) is 13.3 Å². The fourth-order valence-corrected chi connectivity index (χ4v) is 2.82. The Bertz CT molecular complexity index is 712. The first-order chi connectivity index (χ1) is 11.2. The molecule has 0 fully saturated rings. The van der Waals surface area contributed by atoms with E-state index in [1.807, 2.05) is 37.3 Å². The lowest BCUT2D eigenvalue weighted by atomic mass is 9.96. The molecule has 0 saturated carbocycles. The zero-order chi connectivity index (χ0) is 16.2. The molecule has 1 amide bonds. The molecule has 0 spiro atoms. The number of hydrogen-bond acceptors (Lipinski definition) is 3. The van der Waals surface area contributed by atoms with E-state index in [2.05, 4.69) is 11.4 Å². The normalized spacial score (nSPS) is 16.2. The van der Waals surface area contributed by atoms with Crippen molar-refractivity contribution in [2.75, 3.05) is 20.3 Å². The first kappa shape index (κ1) is 15.4. The number of benzene rings is 2. The molecule has 0 aromatic heterocycles. The highest BCUT2D eigenvalue weighted by molar-refractivity contribution is 5.94. The van der Waals surface area contributed by atoms with Crippen LogP contribution in [0.4, 0.5) is 0 Å². The van der Waals surface area contributed by atoms with Crippen LogP contribution in [0, 0.1) is 12.8 Å². The van der Waals surface area contributed by atoms with Crippen molar-refractivity contribution < 1.29 is 14.3 Å². The summed E-state index contributed by atoms with van der Waals surface area (Å²) in [5.74, 6) is 1.90. The van der Waals surface area contributed by atoms with Gasteiger partial charge in [0.2, 0.25) is 0 Å².